The number of hydrogen-bond donors (Lipinski definition) is 1. The molecule has 0 fully saturated rings. The lowest BCUT2D eigenvalue weighted by Gasteiger charge is -2.20. The van der Waals surface area contributed by atoms with Crippen molar-refractivity contribution in [2.45, 2.75) is 19.4 Å². The second kappa shape index (κ2) is 5.06. The molecular weight excluding hydrogens is 234 g/mol. The fraction of sp³-hybridized carbons (Fsp3) is 0.294. The van der Waals surface area contributed by atoms with Crippen LogP contribution in [-0.2, 0) is 6.42 Å². The summed E-state index contributed by atoms with van der Waals surface area (Å²) in [5.74, 6) is 1.07. The van der Waals surface area contributed by atoms with Crippen molar-refractivity contribution >= 4 is 0 Å². The van der Waals surface area contributed by atoms with E-state index in [-0.39, 0.29) is 6.04 Å². The second-order valence-corrected chi connectivity index (χ2v) is 5.07. The fourth-order valence-corrected chi connectivity index (χ4v) is 2.73. The molecule has 2 nitrogen and oxygen atoms in total. The standard InChI is InChI=1S/C17H19NO/c1-12-6-8-13(9-7-12)16(18-2)15-5-3-4-14-10-11-19-17(14)15/h3-9,16,18H,10-11H2,1-2H3. The van der Waals surface area contributed by atoms with E-state index >= 15 is 0 Å². The molecular formula is C17H19NO. The van der Waals surface area contributed by atoms with Crippen molar-refractivity contribution in [3.63, 3.8) is 0 Å². The number of rotatable bonds is 3. The summed E-state index contributed by atoms with van der Waals surface area (Å²) >= 11 is 0. The summed E-state index contributed by atoms with van der Waals surface area (Å²) in [6.45, 7) is 2.91. The van der Waals surface area contributed by atoms with Gasteiger partial charge in [0.25, 0.3) is 0 Å². The van der Waals surface area contributed by atoms with Crippen LogP contribution in [0.1, 0.15) is 28.3 Å². The van der Waals surface area contributed by atoms with E-state index in [1.165, 1.54) is 22.3 Å². The summed E-state index contributed by atoms with van der Waals surface area (Å²) in [5, 5.41) is 3.40. The molecule has 1 heterocycles. The highest BCUT2D eigenvalue weighted by Gasteiger charge is 2.22. The Morgan fingerprint density at radius 3 is 2.63 bits per heavy atom. The predicted octanol–water partition coefficient (Wildman–Crippen LogP) is 3.24. The van der Waals surface area contributed by atoms with Gasteiger partial charge in [-0.2, -0.15) is 0 Å². The SMILES string of the molecule is CNC(c1ccc(C)cc1)c1cccc2c1OCC2. The smallest absolute Gasteiger partial charge is 0.127 e. The van der Waals surface area contributed by atoms with E-state index in [4.69, 9.17) is 4.74 Å². The van der Waals surface area contributed by atoms with Gasteiger partial charge >= 0.3 is 0 Å². The number of fused-ring (bicyclic) bond motifs is 1. The maximum Gasteiger partial charge on any atom is 0.127 e. The summed E-state index contributed by atoms with van der Waals surface area (Å²) in [6.07, 6.45) is 1.02. The first kappa shape index (κ1) is 12.2. The molecule has 1 aliphatic rings. The van der Waals surface area contributed by atoms with Gasteiger partial charge in [-0.1, -0.05) is 48.0 Å². The number of hydrogen-bond acceptors (Lipinski definition) is 2. The van der Waals surface area contributed by atoms with Gasteiger partial charge in [-0.25, -0.2) is 0 Å². The Balaban J connectivity index is 2.03. The highest BCUT2D eigenvalue weighted by Crippen LogP contribution is 2.35. The summed E-state index contributed by atoms with van der Waals surface area (Å²) in [5.41, 5.74) is 5.12. The lowest BCUT2D eigenvalue weighted by atomic mass is 9.95. The highest BCUT2D eigenvalue weighted by atomic mass is 16.5. The van der Waals surface area contributed by atoms with Crippen molar-refractivity contribution in [1.82, 2.24) is 5.32 Å². The molecule has 19 heavy (non-hydrogen) atoms. The van der Waals surface area contributed by atoms with Crippen LogP contribution in [0.2, 0.25) is 0 Å². The zero-order chi connectivity index (χ0) is 13.2. The molecule has 1 aliphatic heterocycles. The van der Waals surface area contributed by atoms with Gasteiger partial charge in [0.1, 0.15) is 5.75 Å². The molecule has 2 aromatic carbocycles. The molecule has 0 amide bonds. The van der Waals surface area contributed by atoms with Crippen LogP contribution in [0.4, 0.5) is 0 Å². The van der Waals surface area contributed by atoms with E-state index in [0.29, 0.717) is 0 Å². The van der Waals surface area contributed by atoms with Gasteiger partial charge in [0.2, 0.25) is 0 Å². The Labute approximate surface area is 114 Å². The van der Waals surface area contributed by atoms with Gasteiger partial charge in [0.15, 0.2) is 0 Å². The Hall–Kier alpha value is -1.80. The summed E-state index contributed by atoms with van der Waals surface area (Å²) in [4.78, 5) is 0. The lowest BCUT2D eigenvalue weighted by molar-refractivity contribution is 0.351. The molecule has 0 aromatic heterocycles. The summed E-state index contributed by atoms with van der Waals surface area (Å²) in [6, 6.07) is 15.3. The van der Waals surface area contributed by atoms with E-state index < -0.39 is 0 Å². The highest BCUT2D eigenvalue weighted by molar-refractivity contribution is 5.48. The molecule has 1 unspecified atom stereocenters. The van der Waals surface area contributed by atoms with Crippen molar-refractivity contribution in [2.75, 3.05) is 13.7 Å². The van der Waals surface area contributed by atoms with Crippen LogP contribution in [0.15, 0.2) is 42.5 Å². The maximum absolute atomic E-state index is 5.82. The number of ether oxygens (including phenoxy) is 1. The van der Waals surface area contributed by atoms with E-state index in [2.05, 4.69) is 54.7 Å². The molecule has 0 aliphatic carbocycles. The molecule has 2 aromatic rings. The van der Waals surface area contributed by atoms with Crippen molar-refractivity contribution in [1.29, 1.82) is 0 Å². The third kappa shape index (κ3) is 2.24. The van der Waals surface area contributed by atoms with Crippen LogP contribution in [-0.4, -0.2) is 13.7 Å². The molecule has 1 N–H and O–H groups in total. The van der Waals surface area contributed by atoms with Gasteiger partial charge < -0.3 is 10.1 Å². The van der Waals surface area contributed by atoms with Crippen molar-refractivity contribution < 1.29 is 4.74 Å². The Bertz CT molecular complexity index is 574. The van der Waals surface area contributed by atoms with Gasteiger partial charge in [-0.3, -0.25) is 0 Å². The second-order valence-electron chi connectivity index (χ2n) is 5.07. The normalized spacial score (nSPS) is 14.8. The van der Waals surface area contributed by atoms with Crippen LogP contribution in [0, 0.1) is 6.92 Å². The predicted molar refractivity (Wildman–Crippen MR) is 77.7 cm³/mol. The van der Waals surface area contributed by atoms with Crippen LogP contribution < -0.4 is 10.1 Å². The minimum atomic E-state index is 0.189. The number of aryl methyl sites for hydroxylation is 1. The van der Waals surface area contributed by atoms with E-state index in [0.717, 1.165) is 18.8 Å². The number of para-hydroxylation sites is 1. The van der Waals surface area contributed by atoms with Gasteiger partial charge in [0, 0.05) is 12.0 Å². The minimum Gasteiger partial charge on any atom is -0.493 e. The first-order valence-corrected chi connectivity index (χ1v) is 6.78. The van der Waals surface area contributed by atoms with E-state index in [1.807, 2.05) is 7.05 Å². The van der Waals surface area contributed by atoms with Crippen molar-refractivity contribution in [3.05, 3.63) is 64.7 Å². The molecule has 0 saturated carbocycles. The monoisotopic (exact) mass is 253 g/mol. The van der Waals surface area contributed by atoms with Crippen LogP contribution in [0.3, 0.4) is 0 Å². The average Bonchev–Trinajstić information content (AvgIpc) is 2.91. The lowest BCUT2D eigenvalue weighted by Crippen LogP contribution is -2.18. The van der Waals surface area contributed by atoms with Crippen LogP contribution >= 0.6 is 0 Å². The Kier molecular flexibility index (Phi) is 3.26. The third-order valence-corrected chi connectivity index (χ3v) is 3.76. The summed E-state index contributed by atoms with van der Waals surface area (Å²) < 4.78 is 5.82. The first-order chi connectivity index (χ1) is 9.29. The van der Waals surface area contributed by atoms with Crippen LogP contribution in [0.5, 0.6) is 5.75 Å². The first-order valence-electron chi connectivity index (χ1n) is 6.78. The van der Waals surface area contributed by atoms with Gasteiger partial charge in [-0.15, -0.1) is 0 Å². The van der Waals surface area contributed by atoms with Crippen LogP contribution in [0.25, 0.3) is 0 Å². The third-order valence-electron chi connectivity index (χ3n) is 3.76. The zero-order valence-electron chi connectivity index (χ0n) is 11.4. The molecule has 3 rings (SSSR count). The van der Waals surface area contributed by atoms with E-state index in [9.17, 15) is 0 Å². The molecule has 0 radical (unpaired) electrons. The minimum absolute atomic E-state index is 0.189. The zero-order valence-corrected chi connectivity index (χ0v) is 11.4. The molecule has 2 heteroatoms. The maximum atomic E-state index is 5.82. The van der Waals surface area contributed by atoms with Crippen molar-refractivity contribution in [3.8, 4) is 5.75 Å². The van der Waals surface area contributed by atoms with E-state index in [1.54, 1.807) is 0 Å². The molecule has 98 valence electrons. The largest absolute Gasteiger partial charge is 0.493 e. The molecule has 0 spiro atoms. The van der Waals surface area contributed by atoms with Crippen molar-refractivity contribution in [2.24, 2.45) is 0 Å². The van der Waals surface area contributed by atoms with Gasteiger partial charge in [-0.05, 0) is 25.1 Å². The molecule has 0 saturated heterocycles. The fourth-order valence-electron chi connectivity index (χ4n) is 2.73. The average molecular weight is 253 g/mol. The number of nitrogens with one attached hydrogen (secondary N) is 1. The Morgan fingerprint density at radius 1 is 1.11 bits per heavy atom. The quantitative estimate of drug-likeness (QED) is 0.906. The molecule has 0 bridgehead atoms. The Morgan fingerprint density at radius 2 is 1.89 bits per heavy atom. The summed E-state index contributed by atoms with van der Waals surface area (Å²) in [7, 11) is 2.00. The van der Waals surface area contributed by atoms with Gasteiger partial charge in [0.05, 0.1) is 12.6 Å². The number of benzene rings is 2. The topological polar surface area (TPSA) is 21.3 Å². The molecule has 1 atom stereocenters.